The summed E-state index contributed by atoms with van der Waals surface area (Å²) in [4.78, 5) is 18.7. The average Bonchev–Trinajstić information content (AvgIpc) is 3.22. The Bertz CT molecular complexity index is 935. The quantitative estimate of drug-likeness (QED) is 0.607. The topological polar surface area (TPSA) is 77.7 Å². The summed E-state index contributed by atoms with van der Waals surface area (Å²) in [5.41, 5.74) is 1.90. The van der Waals surface area contributed by atoms with Gasteiger partial charge in [-0.3, -0.25) is 0 Å². The summed E-state index contributed by atoms with van der Waals surface area (Å²) in [7, 11) is 0. The highest BCUT2D eigenvalue weighted by atomic mass is 35.5. The molecular weight excluding hydrogens is 382 g/mol. The molecule has 0 atom stereocenters. The highest BCUT2D eigenvalue weighted by molar-refractivity contribution is 6.30. The van der Waals surface area contributed by atoms with Crippen LogP contribution in [0, 0.1) is 0 Å². The van der Waals surface area contributed by atoms with Crippen LogP contribution in [0.25, 0.3) is 11.3 Å². The fourth-order valence-corrected chi connectivity index (χ4v) is 2.97. The van der Waals surface area contributed by atoms with Crippen molar-refractivity contribution in [2.75, 3.05) is 31.2 Å². The van der Waals surface area contributed by atoms with Crippen molar-refractivity contribution >= 4 is 23.4 Å². The molecule has 0 radical (unpaired) electrons. The van der Waals surface area contributed by atoms with Crippen molar-refractivity contribution in [3.63, 3.8) is 0 Å². The van der Waals surface area contributed by atoms with Crippen molar-refractivity contribution in [3.8, 4) is 11.3 Å². The fourth-order valence-electron chi connectivity index (χ4n) is 2.84. The first kappa shape index (κ1) is 18.5. The van der Waals surface area contributed by atoms with Gasteiger partial charge in [-0.2, -0.15) is 0 Å². The second kappa shape index (κ2) is 8.41. The number of hydrogen-bond donors (Lipinski definition) is 0. The molecule has 1 aromatic carbocycles. The smallest absolute Gasteiger partial charge is 0.340 e. The molecule has 0 bridgehead atoms. The second-order valence-corrected chi connectivity index (χ2v) is 6.70. The van der Waals surface area contributed by atoms with Crippen molar-refractivity contribution in [1.82, 2.24) is 10.1 Å². The fraction of sp³-hybridized carbons (Fsp3) is 0.250. The summed E-state index contributed by atoms with van der Waals surface area (Å²) in [6.07, 6.45) is 1.52. The summed E-state index contributed by atoms with van der Waals surface area (Å²) >= 11 is 5.89. The molecule has 0 spiro atoms. The molecule has 1 aliphatic heterocycles. The first-order valence-electron chi connectivity index (χ1n) is 8.86. The summed E-state index contributed by atoms with van der Waals surface area (Å²) in [5, 5.41) is 4.64. The molecule has 0 unspecified atom stereocenters. The van der Waals surface area contributed by atoms with E-state index in [1.807, 2.05) is 18.2 Å². The molecule has 4 rings (SSSR count). The summed E-state index contributed by atoms with van der Waals surface area (Å²) in [6, 6.07) is 12.5. The van der Waals surface area contributed by atoms with E-state index >= 15 is 0 Å². The molecule has 0 saturated carbocycles. The highest BCUT2D eigenvalue weighted by Gasteiger charge is 2.15. The van der Waals surface area contributed by atoms with Gasteiger partial charge in [0, 0.05) is 35.9 Å². The Morgan fingerprint density at radius 2 is 1.93 bits per heavy atom. The van der Waals surface area contributed by atoms with Crippen LogP contribution < -0.4 is 4.90 Å². The van der Waals surface area contributed by atoms with Crippen molar-refractivity contribution in [2.45, 2.75) is 6.61 Å². The lowest BCUT2D eigenvalue weighted by Crippen LogP contribution is -2.36. The molecule has 0 N–H and O–H groups in total. The van der Waals surface area contributed by atoms with Gasteiger partial charge in [0.2, 0.25) is 0 Å². The zero-order valence-corrected chi connectivity index (χ0v) is 15.8. The van der Waals surface area contributed by atoms with Gasteiger partial charge in [-0.1, -0.05) is 28.9 Å². The van der Waals surface area contributed by atoms with Crippen LogP contribution in [0.1, 0.15) is 16.1 Å². The number of halogens is 1. The maximum Gasteiger partial charge on any atom is 0.340 e. The maximum absolute atomic E-state index is 12.2. The van der Waals surface area contributed by atoms with E-state index in [9.17, 15) is 4.79 Å². The predicted molar refractivity (Wildman–Crippen MR) is 103 cm³/mol. The van der Waals surface area contributed by atoms with Gasteiger partial charge in [-0.05, 0) is 24.3 Å². The molecule has 3 aromatic rings. The van der Waals surface area contributed by atoms with Crippen LogP contribution in [-0.4, -0.2) is 42.4 Å². The Labute approximate surface area is 166 Å². The van der Waals surface area contributed by atoms with Crippen LogP contribution in [-0.2, 0) is 16.1 Å². The molecule has 3 heterocycles. The number of carbonyl (C=O) groups is 1. The first-order valence-corrected chi connectivity index (χ1v) is 9.24. The Morgan fingerprint density at radius 1 is 1.14 bits per heavy atom. The van der Waals surface area contributed by atoms with E-state index in [2.05, 4.69) is 15.0 Å². The van der Waals surface area contributed by atoms with E-state index in [4.69, 9.17) is 25.6 Å². The van der Waals surface area contributed by atoms with Gasteiger partial charge in [0.05, 0.1) is 18.8 Å². The molecule has 0 amide bonds. The third-order valence-electron chi connectivity index (χ3n) is 4.36. The number of carbonyl (C=O) groups excluding carboxylic acids is 1. The van der Waals surface area contributed by atoms with Gasteiger partial charge in [0.15, 0.2) is 12.4 Å². The van der Waals surface area contributed by atoms with Crippen LogP contribution in [0.5, 0.6) is 0 Å². The largest absolute Gasteiger partial charge is 0.454 e. The Hall–Kier alpha value is -2.90. The number of ether oxygens (including phenoxy) is 2. The zero-order chi connectivity index (χ0) is 19.3. The number of esters is 1. The van der Waals surface area contributed by atoms with E-state index in [-0.39, 0.29) is 6.61 Å². The van der Waals surface area contributed by atoms with Gasteiger partial charge < -0.3 is 18.9 Å². The van der Waals surface area contributed by atoms with Crippen molar-refractivity contribution in [1.29, 1.82) is 0 Å². The Morgan fingerprint density at radius 3 is 2.64 bits per heavy atom. The lowest BCUT2D eigenvalue weighted by Gasteiger charge is -2.27. The van der Waals surface area contributed by atoms with E-state index in [0.717, 1.165) is 24.5 Å². The minimum Gasteiger partial charge on any atom is -0.454 e. The molecule has 1 saturated heterocycles. The minimum atomic E-state index is -0.467. The van der Waals surface area contributed by atoms with Gasteiger partial charge in [0.25, 0.3) is 0 Å². The van der Waals surface area contributed by atoms with Crippen LogP contribution in [0.2, 0.25) is 5.02 Å². The molecule has 0 aliphatic carbocycles. The molecule has 28 heavy (non-hydrogen) atoms. The van der Waals surface area contributed by atoms with Crippen LogP contribution >= 0.6 is 11.6 Å². The lowest BCUT2D eigenvalue weighted by atomic mass is 10.1. The highest BCUT2D eigenvalue weighted by Crippen LogP contribution is 2.22. The van der Waals surface area contributed by atoms with Crippen LogP contribution in [0.15, 0.2) is 53.2 Å². The van der Waals surface area contributed by atoms with Crippen molar-refractivity contribution in [3.05, 3.63) is 65.0 Å². The summed E-state index contributed by atoms with van der Waals surface area (Å²) < 4.78 is 15.9. The second-order valence-electron chi connectivity index (χ2n) is 6.27. The van der Waals surface area contributed by atoms with E-state index < -0.39 is 5.97 Å². The van der Waals surface area contributed by atoms with E-state index in [0.29, 0.717) is 35.3 Å². The SMILES string of the molecule is O=C(OCc1cc(-c2ccc(Cl)cc2)no1)c1ccc(N2CCOCC2)nc1. The number of hydrogen-bond acceptors (Lipinski definition) is 7. The maximum atomic E-state index is 12.2. The number of rotatable bonds is 5. The average molecular weight is 400 g/mol. The Balaban J connectivity index is 1.34. The molecule has 1 aliphatic rings. The van der Waals surface area contributed by atoms with E-state index in [1.54, 1.807) is 24.3 Å². The van der Waals surface area contributed by atoms with E-state index in [1.165, 1.54) is 6.20 Å². The Kier molecular flexibility index (Phi) is 5.55. The predicted octanol–water partition coefficient (Wildman–Crippen LogP) is 3.58. The number of nitrogens with zero attached hydrogens (tertiary/aromatic N) is 3. The van der Waals surface area contributed by atoms with Crippen molar-refractivity contribution in [2.24, 2.45) is 0 Å². The molecular formula is C20H18ClN3O4. The minimum absolute atomic E-state index is 0.00929. The van der Waals surface area contributed by atoms with Gasteiger partial charge in [-0.15, -0.1) is 0 Å². The molecule has 2 aromatic heterocycles. The van der Waals surface area contributed by atoms with Crippen LogP contribution in [0.3, 0.4) is 0 Å². The van der Waals surface area contributed by atoms with Gasteiger partial charge in [0.1, 0.15) is 11.5 Å². The number of anilines is 1. The standard InChI is InChI=1S/C20H18ClN3O4/c21-16-4-1-14(2-5-16)18-11-17(28-23-18)13-27-20(25)15-3-6-19(22-12-15)24-7-9-26-10-8-24/h1-6,11-12H,7-10,13H2. The lowest BCUT2D eigenvalue weighted by molar-refractivity contribution is 0.0437. The van der Waals surface area contributed by atoms with Crippen molar-refractivity contribution < 1.29 is 18.8 Å². The molecule has 144 valence electrons. The summed E-state index contributed by atoms with van der Waals surface area (Å²) in [5.74, 6) is 0.810. The number of pyridine rings is 1. The normalized spacial score (nSPS) is 14.1. The molecule has 1 fully saturated rings. The number of morpholine rings is 1. The third kappa shape index (κ3) is 4.32. The monoisotopic (exact) mass is 399 g/mol. The zero-order valence-electron chi connectivity index (χ0n) is 15.0. The molecule has 7 nitrogen and oxygen atoms in total. The van der Waals surface area contributed by atoms with Gasteiger partial charge >= 0.3 is 5.97 Å². The molecule has 8 heteroatoms. The first-order chi connectivity index (χ1) is 13.7. The number of aromatic nitrogens is 2. The van der Waals surface area contributed by atoms with Crippen LogP contribution in [0.4, 0.5) is 5.82 Å². The van der Waals surface area contributed by atoms with Gasteiger partial charge in [-0.25, -0.2) is 9.78 Å². The number of benzene rings is 1. The third-order valence-corrected chi connectivity index (χ3v) is 4.62. The summed E-state index contributed by atoms with van der Waals surface area (Å²) in [6.45, 7) is 2.93.